The van der Waals surface area contributed by atoms with Crippen LogP contribution in [-0.4, -0.2) is 51.2 Å². The van der Waals surface area contributed by atoms with Crippen molar-refractivity contribution in [2.45, 2.75) is 52.8 Å². The average Bonchev–Trinajstić information content (AvgIpc) is 3.48. The minimum absolute atomic E-state index is 0.0860. The maximum atomic E-state index is 13.0. The second-order valence-corrected chi connectivity index (χ2v) is 12.0. The molecule has 2 amide bonds. The summed E-state index contributed by atoms with van der Waals surface area (Å²) in [4.78, 5) is 24.0. The summed E-state index contributed by atoms with van der Waals surface area (Å²) in [6, 6.07) is 17.2. The Balaban J connectivity index is 1.22. The molecule has 1 atom stereocenters. The second kappa shape index (κ2) is 13.8. The number of benzene rings is 3. The lowest BCUT2D eigenvalue weighted by atomic mass is 9.95. The first kappa shape index (κ1) is 32.1. The molecule has 1 aromatic heterocycles. The van der Waals surface area contributed by atoms with Crippen molar-refractivity contribution in [3.05, 3.63) is 89.2 Å². The van der Waals surface area contributed by atoms with Gasteiger partial charge in [0, 0.05) is 36.0 Å². The van der Waals surface area contributed by atoms with E-state index >= 15 is 0 Å². The van der Waals surface area contributed by atoms with Crippen molar-refractivity contribution in [2.24, 2.45) is 4.99 Å². The van der Waals surface area contributed by atoms with E-state index in [-0.39, 0.29) is 17.7 Å². The van der Waals surface area contributed by atoms with Crippen LogP contribution in [0.2, 0.25) is 0 Å². The molecule has 1 aliphatic heterocycles. The summed E-state index contributed by atoms with van der Waals surface area (Å²) in [5.41, 5.74) is 7.08. The number of carbonyl (C=O) groups excluding carboxylic acids is 1. The van der Waals surface area contributed by atoms with Gasteiger partial charge in [-0.2, -0.15) is 4.99 Å². The Morgan fingerprint density at radius 1 is 1.07 bits per heavy atom. The van der Waals surface area contributed by atoms with Gasteiger partial charge in [0.15, 0.2) is 11.0 Å². The van der Waals surface area contributed by atoms with Gasteiger partial charge in [0.05, 0.1) is 5.69 Å². The molecule has 0 saturated carbocycles. The number of aromatic nitrogens is 3. The van der Waals surface area contributed by atoms with Crippen LogP contribution in [0.5, 0.6) is 5.75 Å². The monoisotopic (exact) mass is 636 g/mol. The van der Waals surface area contributed by atoms with Crippen molar-refractivity contribution >= 4 is 28.6 Å². The van der Waals surface area contributed by atoms with E-state index in [4.69, 9.17) is 0 Å². The highest BCUT2D eigenvalue weighted by Crippen LogP contribution is 2.32. The number of aryl methyl sites for hydroxylation is 3. The topological polar surface area (TPSA) is 84.6 Å². The Morgan fingerprint density at radius 2 is 1.76 bits per heavy atom. The minimum Gasteiger partial charge on any atom is -0.406 e. The lowest BCUT2D eigenvalue weighted by Crippen LogP contribution is -2.37. The summed E-state index contributed by atoms with van der Waals surface area (Å²) in [6.07, 6.45) is -1.40. The van der Waals surface area contributed by atoms with Crippen LogP contribution >= 0.6 is 11.8 Å². The van der Waals surface area contributed by atoms with Crippen LogP contribution in [0.25, 0.3) is 17.1 Å². The van der Waals surface area contributed by atoms with E-state index in [1.807, 2.05) is 24.3 Å². The molecular weight excluding hydrogens is 601 g/mol. The third kappa shape index (κ3) is 8.05. The number of hydrogen-bond acceptors (Lipinski definition) is 5. The smallest absolute Gasteiger partial charge is 0.406 e. The van der Waals surface area contributed by atoms with Crippen LogP contribution < -0.4 is 15.0 Å². The molecule has 0 radical (unpaired) electrons. The summed E-state index contributed by atoms with van der Waals surface area (Å²) < 4.78 is 42.7. The second-order valence-electron chi connectivity index (χ2n) is 11.0. The number of amidine groups is 1. The number of ether oxygens (including phenoxy) is 1. The molecule has 0 bridgehead atoms. The first-order valence-electron chi connectivity index (χ1n) is 14.7. The van der Waals surface area contributed by atoms with E-state index in [9.17, 15) is 18.0 Å². The highest BCUT2D eigenvalue weighted by molar-refractivity contribution is 8.14. The number of amides is 2. The molecule has 12 heteroatoms. The summed E-state index contributed by atoms with van der Waals surface area (Å²) >= 11 is 1.61. The van der Waals surface area contributed by atoms with Crippen molar-refractivity contribution < 1.29 is 22.7 Å². The number of anilines is 1. The molecule has 45 heavy (non-hydrogen) atoms. The van der Waals surface area contributed by atoms with Crippen LogP contribution in [0.4, 0.5) is 23.7 Å². The fourth-order valence-electron chi connectivity index (χ4n) is 5.52. The molecule has 1 saturated heterocycles. The zero-order valence-electron chi connectivity index (χ0n) is 25.6. The number of hydrogen-bond donors (Lipinski definition) is 1. The molecule has 2 heterocycles. The molecule has 0 spiro atoms. The number of thioether (sulfide) groups is 1. The largest absolute Gasteiger partial charge is 0.573 e. The van der Waals surface area contributed by atoms with Gasteiger partial charge in [-0.1, -0.05) is 60.6 Å². The molecule has 236 valence electrons. The maximum Gasteiger partial charge on any atom is 0.573 e. The third-order valence-corrected chi connectivity index (χ3v) is 8.61. The number of aliphatic imine (C=N–C) groups is 1. The number of alkyl halides is 3. The van der Waals surface area contributed by atoms with E-state index in [0.29, 0.717) is 18.1 Å². The molecule has 1 unspecified atom stereocenters. The summed E-state index contributed by atoms with van der Waals surface area (Å²) in [6.45, 7) is 9.63. The Bertz CT molecular complexity index is 1650. The van der Waals surface area contributed by atoms with Crippen molar-refractivity contribution in [3.63, 3.8) is 0 Å². The zero-order chi connectivity index (χ0) is 32.1. The van der Waals surface area contributed by atoms with Crippen molar-refractivity contribution in [2.75, 3.05) is 23.7 Å². The number of rotatable bonds is 8. The minimum atomic E-state index is -4.75. The van der Waals surface area contributed by atoms with Gasteiger partial charge in [0.2, 0.25) is 0 Å². The fraction of sp³-hybridized carbons (Fsp3) is 0.333. The third-order valence-electron chi connectivity index (χ3n) is 7.55. The van der Waals surface area contributed by atoms with Crippen LogP contribution in [0, 0.1) is 20.8 Å². The molecule has 1 N–H and O–H groups in total. The van der Waals surface area contributed by atoms with Crippen LogP contribution in [0.1, 0.15) is 47.9 Å². The van der Waals surface area contributed by atoms with Gasteiger partial charge < -0.3 is 15.0 Å². The summed E-state index contributed by atoms with van der Waals surface area (Å²) in [7, 11) is 0. The van der Waals surface area contributed by atoms with Gasteiger partial charge in [-0.25, -0.2) is 14.5 Å². The van der Waals surface area contributed by atoms with Crippen molar-refractivity contribution in [3.8, 4) is 22.8 Å². The van der Waals surface area contributed by atoms with E-state index in [1.54, 1.807) is 11.8 Å². The van der Waals surface area contributed by atoms with Gasteiger partial charge in [0.1, 0.15) is 12.1 Å². The molecular formula is C33H35F3N6O2S. The Hall–Kier alpha value is -4.32. The molecule has 4 aromatic rings. The standard InChI is InChI=1S/C33H35F3N6O2S/c1-5-24(19-37-31(43)39-32-41(15-6-16-45-32)29-22(3)17-21(2)18-23(29)4)25-7-9-26(10-8-25)30-38-20-42(40-30)27-11-13-28(14-12-27)44-33(34,35)36/h7-14,17-18,20,24H,5-6,15-16,19H2,1-4H3,(H,37,43)/b39-32-. The molecule has 8 nitrogen and oxygen atoms in total. The van der Waals surface area contributed by atoms with Gasteiger partial charge in [-0.3, -0.25) is 0 Å². The molecule has 3 aromatic carbocycles. The Kier molecular flexibility index (Phi) is 9.81. The summed E-state index contributed by atoms with van der Waals surface area (Å²) in [5, 5.41) is 8.21. The lowest BCUT2D eigenvalue weighted by molar-refractivity contribution is -0.274. The number of urea groups is 1. The highest BCUT2D eigenvalue weighted by atomic mass is 32.2. The Morgan fingerprint density at radius 3 is 2.40 bits per heavy atom. The molecule has 1 fully saturated rings. The van der Waals surface area contributed by atoms with Gasteiger partial charge in [-0.15, -0.1) is 18.3 Å². The average molecular weight is 637 g/mol. The SMILES string of the molecule is CCC(CNC(=O)/N=C1\SCCCN1c1c(C)cc(C)cc1C)c1ccc(-c2ncn(-c3ccc(OC(F)(F)F)cc3)n2)cc1. The normalized spacial score (nSPS) is 15.3. The van der Waals surface area contributed by atoms with Gasteiger partial charge in [-0.05, 0) is 74.6 Å². The van der Waals surface area contributed by atoms with E-state index in [2.05, 4.69) is 69.9 Å². The first-order chi connectivity index (χ1) is 21.5. The number of nitrogens with one attached hydrogen (secondary N) is 1. The zero-order valence-corrected chi connectivity index (χ0v) is 26.4. The number of carbonyl (C=O) groups is 1. The Labute approximate surface area is 264 Å². The molecule has 5 rings (SSSR count). The molecule has 1 aliphatic rings. The van der Waals surface area contributed by atoms with Crippen molar-refractivity contribution in [1.82, 2.24) is 20.1 Å². The summed E-state index contributed by atoms with van der Waals surface area (Å²) in [5.74, 6) is 1.18. The highest BCUT2D eigenvalue weighted by Gasteiger charge is 2.31. The van der Waals surface area contributed by atoms with Crippen molar-refractivity contribution in [1.29, 1.82) is 0 Å². The van der Waals surface area contributed by atoms with E-state index < -0.39 is 6.36 Å². The van der Waals surface area contributed by atoms with E-state index in [1.165, 1.54) is 52.0 Å². The molecule has 0 aliphatic carbocycles. The van der Waals surface area contributed by atoms with Crippen LogP contribution in [-0.2, 0) is 0 Å². The predicted molar refractivity (Wildman–Crippen MR) is 172 cm³/mol. The predicted octanol–water partition coefficient (Wildman–Crippen LogP) is 7.96. The fourth-order valence-corrected chi connectivity index (χ4v) is 6.46. The van der Waals surface area contributed by atoms with Gasteiger partial charge >= 0.3 is 12.4 Å². The number of halogens is 3. The quantitative estimate of drug-likeness (QED) is 0.211. The van der Waals surface area contributed by atoms with E-state index in [0.717, 1.165) is 47.1 Å². The first-order valence-corrected chi connectivity index (χ1v) is 15.7. The van der Waals surface area contributed by atoms with Crippen LogP contribution in [0.3, 0.4) is 0 Å². The lowest BCUT2D eigenvalue weighted by Gasteiger charge is -2.32. The van der Waals surface area contributed by atoms with Gasteiger partial charge in [0.25, 0.3) is 0 Å². The maximum absolute atomic E-state index is 13.0. The van der Waals surface area contributed by atoms with Crippen LogP contribution in [0.15, 0.2) is 72.0 Å². The number of nitrogens with zero attached hydrogens (tertiary/aromatic N) is 5.